The largest absolute Gasteiger partial charge is 0.503 e. The van der Waals surface area contributed by atoms with Gasteiger partial charge in [0.2, 0.25) is 0 Å². The molecular formula is C5H6FeO7. The van der Waals surface area contributed by atoms with Crippen LogP contribution in [-0.2, 0) is 26.7 Å². The average Bonchev–Trinajstić information content (AvgIpc) is 1.82. The summed E-state index contributed by atoms with van der Waals surface area (Å²) < 4.78 is 0. The van der Waals surface area contributed by atoms with E-state index in [1.165, 1.54) is 0 Å². The number of rotatable bonds is 2. The number of carboxylic acid groups (broad SMARTS) is 4. The monoisotopic (exact) mass is 234 g/mol. The zero-order chi connectivity index (χ0) is 10.1. The molecule has 0 bridgehead atoms. The molecule has 0 aliphatic carbocycles. The minimum Gasteiger partial charge on any atom is -0.478 e. The molecule has 76 valence electrons. The summed E-state index contributed by atoms with van der Waals surface area (Å²) in [5.41, 5.74) is 0. The molecule has 0 spiro atoms. The Morgan fingerprint density at radius 3 is 1.00 bits per heavy atom. The van der Waals surface area contributed by atoms with Gasteiger partial charge in [0.15, 0.2) is 0 Å². The Kier molecular flexibility index (Phi) is 14.1. The van der Waals surface area contributed by atoms with E-state index in [0.717, 1.165) is 0 Å². The van der Waals surface area contributed by atoms with E-state index in [1.807, 2.05) is 0 Å². The second kappa shape index (κ2) is 10.5. The molecule has 0 amide bonds. The van der Waals surface area contributed by atoms with Crippen LogP contribution >= 0.6 is 0 Å². The van der Waals surface area contributed by atoms with Crippen LogP contribution in [0, 0.1) is 0 Å². The zero-order valence-corrected chi connectivity index (χ0v) is 7.13. The van der Waals surface area contributed by atoms with Gasteiger partial charge in [-0.2, -0.15) is 0 Å². The Morgan fingerprint density at radius 1 is 0.769 bits per heavy atom. The third kappa shape index (κ3) is 62.4. The van der Waals surface area contributed by atoms with Gasteiger partial charge in [0.05, 0.1) is 0 Å². The van der Waals surface area contributed by atoms with Crippen molar-refractivity contribution in [2.45, 2.75) is 0 Å². The molecule has 0 aliphatic rings. The van der Waals surface area contributed by atoms with Crippen molar-refractivity contribution in [1.82, 2.24) is 0 Å². The first-order chi connectivity index (χ1) is 5.36. The summed E-state index contributed by atoms with van der Waals surface area (Å²) in [5.74, 6) is -2.51. The average molecular weight is 234 g/mol. The normalized spacial score (nSPS) is 7.69. The van der Waals surface area contributed by atoms with Crippen molar-refractivity contribution in [3.05, 3.63) is 12.2 Å². The van der Waals surface area contributed by atoms with E-state index in [9.17, 15) is 9.59 Å². The third-order valence-electron chi connectivity index (χ3n) is 0.368. The summed E-state index contributed by atoms with van der Waals surface area (Å²) >= 11 is 0. The van der Waals surface area contributed by atoms with E-state index in [2.05, 4.69) is 0 Å². The SMILES string of the molecule is O=C(O)/C=C/C(=O)O.O=C(O)O.[Fe]. The number of aliphatic carboxylic acids is 2. The van der Waals surface area contributed by atoms with Crippen LogP contribution in [0.3, 0.4) is 0 Å². The van der Waals surface area contributed by atoms with Crippen LogP contribution in [-0.4, -0.2) is 38.5 Å². The van der Waals surface area contributed by atoms with Gasteiger partial charge in [-0.25, -0.2) is 14.4 Å². The summed E-state index contributed by atoms with van der Waals surface area (Å²) in [5, 5.41) is 29.6. The molecule has 0 rings (SSSR count). The van der Waals surface area contributed by atoms with Crippen LogP contribution in [0.1, 0.15) is 0 Å². The van der Waals surface area contributed by atoms with E-state index in [-0.39, 0.29) is 17.1 Å². The fraction of sp³-hybridized carbons (Fsp3) is 0. The second-order valence-corrected chi connectivity index (χ2v) is 1.29. The number of carbonyl (C=O) groups is 3. The van der Waals surface area contributed by atoms with Gasteiger partial charge in [0, 0.05) is 29.2 Å². The van der Waals surface area contributed by atoms with Gasteiger partial charge in [-0.1, -0.05) is 0 Å². The van der Waals surface area contributed by atoms with E-state index in [4.69, 9.17) is 25.2 Å². The molecule has 8 heteroatoms. The summed E-state index contributed by atoms with van der Waals surface area (Å²) in [6, 6.07) is 0. The molecular weight excluding hydrogens is 228 g/mol. The molecule has 13 heavy (non-hydrogen) atoms. The Hall–Kier alpha value is -1.53. The van der Waals surface area contributed by atoms with Crippen molar-refractivity contribution in [3.63, 3.8) is 0 Å². The Morgan fingerprint density at radius 2 is 0.923 bits per heavy atom. The van der Waals surface area contributed by atoms with Crippen LogP contribution in [0.4, 0.5) is 4.79 Å². The van der Waals surface area contributed by atoms with Crippen LogP contribution in [0.2, 0.25) is 0 Å². The van der Waals surface area contributed by atoms with Gasteiger partial charge >= 0.3 is 18.1 Å². The Labute approximate surface area is 82.8 Å². The number of carboxylic acids is 2. The molecule has 0 aromatic carbocycles. The summed E-state index contributed by atoms with van der Waals surface area (Å²) in [6.45, 7) is 0. The van der Waals surface area contributed by atoms with Crippen molar-refractivity contribution < 1.29 is 51.9 Å². The Balaban J connectivity index is -0.000000173. The minimum absolute atomic E-state index is 0. The molecule has 7 nitrogen and oxygen atoms in total. The van der Waals surface area contributed by atoms with Crippen molar-refractivity contribution in [2.75, 3.05) is 0 Å². The summed E-state index contributed by atoms with van der Waals surface area (Å²) in [4.78, 5) is 27.7. The fourth-order valence-corrected chi connectivity index (χ4v) is 0.143. The van der Waals surface area contributed by atoms with Gasteiger partial charge in [-0.3, -0.25) is 0 Å². The molecule has 0 radical (unpaired) electrons. The topological polar surface area (TPSA) is 132 Å². The molecule has 0 saturated carbocycles. The van der Waals surface area contributed by atoms with Crippen LogP contribution in [0.5, 0.6) is 0 Å². The molecule has 0 heterocycles. The fourth-order valence-electron chi connectivity index (χ4n) is 0.143. The molecule has 0 aromatic heterocycles. The van der Waals surface area contributed by atoms with Gasteiger partial charge < -0.3 is 20.4 Å². The van der Waals surface area contributed by atoms with Crippen molar-refractivity contribution in [1.29, 1.82) is 0 Å². The molecule has 0 atom stereocenters. The molecule has 0 fully saturated rings. The molecule has 0 saturated heterocycles. The molecule has 4 N–H and O–H groups in total. The predicted octanol–water partition coefficient (Wildman–Crippen LogP) is -0.0683. The first kappa shape index (κ1) is 17.5. The van der Waals surface area contributed by atoms with Crippen molar-refractivity contribution >= 4 is 18.1 Å². The second-order valence-electron chi connectivity index (χ2n) is 1.29. The standard InChI is InChI=1S/C4H4O4.CH2O3.Fe/c5-3(6)1-2-4(7)8;2-1(3)4;/h1-2H,(H,5,6)(H,7,8);(H2,2,3,4);/b2-1+;;. The summed E-state index contributed by atoms with van der Waals surface area (Å²) in [7, 11) is 0. The first-order valence-corrected chi connectivity index (χ1v) is 2.42. The Bertz CT molecular complexity index is 189. The van der Waals surface area contributed by atoms with E-state index >= 15 is 0 Å². The van der Waals surface area contributed by atoms with Gasteiger partial charge in [0.25, 0.3) is 0 Å². The maximum atomic E-state index is 9.55. The third-order valence-corrected chi connectivity index (χ3v) is 0.368. The van der Waals surface area contributed by atoms with Crippen molar-refractivity contribution in [2.24, 2.45) is 0 Å². The molecule has 0 aromatic rings. The van der Waals surface area contributed by atoms with E-state index < -0.39 is 18.1 Å². The van der Waals surface area contributed by atoms with Gasteiger partial charge in [0.1, 0.15) is 0 Å². The smallest absolute Gasteiger partial charge is 0.478 e. The summed E-state index contributed by atoms with van der Waals surface area (Å²) in [6.07, 6.45) is -0.718. The number of hydrogen-bond donors (Lipinski definition) is 4. The van der Waals surface area contributed by atoms with Crippen molar-refractivity contribution in [3.8, 4) is 0 Å². The van der Waals surface area contributed by atoms with E-state index in [1.54, 1.807) is 0 Å². The van der Waals surface area contributed by atoms with Gasteiger partial charge in [-0.15, -0.1) is 0 Å². The molecule has 0 aliphatic heterocycles. The van der Waals surface area contributed by atoms with Crippen LogP contribution in [0.25, 0.3) is 0 Å². The van der Waals surface area contributed by atoms with Crippen LogP contribution in [0.15, 0.2) is 12.2 Å². The maximum absolute atomic E-state index is 9.55. The minimum atomic E-state index is -1.83. The predicted molar refractivity (Wildman–Crippen MR) is 35.1 cm³/mol. The van der Waals surface area contributed by atoms with E-state index in [0.29, 0.717) is 12.2 Å². The van der Waals surface area contributed by atoms with Crippen LogP contribution < -0.4 is 0 Å². The molecule has 0 unspecified atom stereocenters. The maximum Gasteiger partial charge on any atom is 0.503 e. The van der Waals surface area contributed by atoms with Gasteiger partial charge in [-0.05, 0) is 0 Å². The quantitative estimate of drug-likeness (QED) is 0.388. The first-order valence-electron chi connectivity index (χ1n) is 2.42. The number of hydrogen-bond acceptors (Lipinski definition) is 3. The zero-order valence-electron chi connectivity index (χ0n) is 6.02.